The number of amides is 1. The summed E-state index contributed by atoms with van der Waals surface area (Å²) in [4.78, 5) is 11.7. The number of hydrogen-bond donors (Lipinski definition) is 1. The number of anilines is 1. The van der Waals surface area contributed by atoms with Crippen LogP contribution in [0.25, 0.3) is 0 Å². The second-order valence-electron chi connectivity index (χ2n) is 4.56. The number of aryl methyl sites for hydroxylation is 1. The zero-order valence-electron chi connectivity index (χ0n) is 9.15. The predicted octanol–water partition coefficient (Wildman–Crippen LogP) is 2.69. The van der Waals surface area contributed by atoms with Gasteiger partial charge in [0.1, 0.15) is 6.67 Å². The minimum absolute atomic E-state index is 0.0576. The number of nitrogens with one attached hydrogen (secondary N) is 1. The van der Waals surface area contributed by atoms with E-state index < -0.39 is 12.1 Å². The van der Waals surface area contributed by atoms with Crippen LogP contribution in [0.3, 0.4) is 0 Å². The highest BCUT2D eigenvalue weighted by Gasteiger charge is 2.40. The Morgan fingerprint density at radius 1 is 1.40 bits per heavy atom. The van der Waals surface area contributed by atoms with Gasteiger partial charge in [-0.15, -0.1) is 0 Å². The molecule has 1 aromatic carbocycles. The lowest BCUT2D eigenvalue weighted by atomic mass is 9.83. The summed E-state index contributed by atoms with van der Waals surface area (Å²) in [5.74, 6) is -0.0576. The van der Waals surface area contributed by atoms with Crippen molar-refractivity contribution in [2.24, 2.45) is 0 Å². The maximum atomic E-state index is 12.9. The second kappa shape index (κ2) is 3.05. The van der Waals surface area contributed by atoms with Gasteiger partial charge in [-0.3, -0.25) is 4.79 Å². The Morgan fingerprint density at radius 2 is 2.07 bits per heavy atom. The van der Waals surface area contributed by atoms with E-state index in [0.717, 1.165) is 16.8 Å². The summed E-state index contributed by atoms with van der Waals surface area (Å²) in [6.45, 7) is 5.02. The zero-order chi connectivity index (χ0) is 11.2. The molecule has 0 spiro atoms. The van der Waals surface area contributed by atoms with Crippen molar-refractivity contribution in [2.75, 3.05) is 5.32 Å². The van der Waals surface area contributed by atoms with Gasteiger partial charge in [-0.25, -0.2) is 4.39 Å². The summed E-state index contributed by atoms with van der Waals surface area (Å²) in [5.41, 5.74) is 2.54. The molecule has 15 heavy (non-hydrogen) atoms. The topological polar surface area (TPSA) is 29.1 Å². The molecule has 80 valence electrons. The van der Waals surface area contributed by atoms with E-state index in [-0.39, 0.29) is 5.91 Å². The van der Waals surface area contributed by atoms with E-state index in [9.17, 15) is 9.18 Å². The number of rotatable bonds is 1. The van der Waals surface area contributed by atoms with Gasteiger partial charge >= 0.3 is 0 Å². The molecule has 1 heterocycles. The van der Waals surface area contributed by atoms with E-state index in [0.29, 0.717) is 5.56 Å². The van der Waals surface area contributed by atoms with Gasteiger partial charge in [0.15, 0.2) is 0 Å². The Labute approximate surface area is 88.5 Å². The van der Waals surface area contributed by atoms with Crippen LogP contribution in [-0.2, 0) is 16.9 Å². The highest BCUT2D eigenvalue weighted by Crippen LogP contribution is 2.40. The normalized spacial score (nSPS) is 17.5. The first kappa shape index (κ1) is 10.1. The highest BCUT2D eigenvalue weighted by molar-refractivity contribution is 6.06. The van der Waals surface area contributed by atoms with Crippen LogP contribution in [0.15, 0.2) is 12.1 Å². The molecule has 2 nitrogen and oxygen atoms in total. The van der Waals surface area contributed by atoms with Gasteiger partial charge in [-0.1, -0.05) is 6.07 Å². The Hall–Kier alpha value is -1.38. The Bertz CT molecular complexity index is 437. The molecule has 1 aromatic rings. The molecule has 1 amide bonds. The fraction of sp³-hybridized carbons (Fsp3) is 0.417. The average molecular weight is 207 g/mol. The molecule has 0 radical (unpaired) electrons. The van der Waals surface area contributed by atoms with Gasteiger partial charge in [0, 0.05) is 5.69 Å². The number of benzene rings is 1. The third-order valence-corrected chi connectivity index (χ3v) is 2.95. The SMILES string of the molecule is Cc1cc(CF)c2c(c1)NC(=O)C2(C)C. The van der Waals surface area contributed by atoms with Crippen LogP contribution in [-0.4, -0.2) is 5.91 Å². The molecule has 0 aromatic heterocycles. The minimum atomic E-state index is -0.621. The van der Waals surface area contributed by atoms with Crippen LogP contribution < -0.4 is 5.32 Å². The summed E-state index contributed by atoms with van der Waals surface area (Å²) in [7, 11) is 0. The lowest BCUT2D eigenvalue weighted by Crippen LogP contribution is -2.27. The van der Waals surface area contributed by atoms with Gasteiger partial charge in [-0.05, 0) is 43.5 Å². The van der Waals surface area contributed by atoms with E-state index in [4.69, 9.17) is 0 Å². The fourth-order valence-electron chi connectivity index (χ4n) is 2.20. The fourth-order valence-corrected chi connectivity index (χ4v) is 2.20. The van der Waals surface area contributed by atoms with E-state index in [1.165, 1.54) is 0 Å². The standard InChI is InChI=1S/C12H14FNO/c1-7-4-8(6-13)10-9(5-7)14-11(15)12(10,2)3/h4-5H,6H2,1-3H3,(H,14,15). The minimum Gasteiger partial charge on any atom is -0.325 e. The summed E-state index contributed by atoms with van der Waals surface area (Å²) in [6, 6.07) is 3.70. The number of alkyl halides is 1. The molecule has 1 aliphatic heterocycles. The van der Waals surface area contributed by atoms with Gasteiger partial charge in [-0.2, -0.15) is 0 Å². The van der Waals surface area contributed by atoms with Crippen LogP contribution in [0, 0.1) is 6.92 Å². The molecular formula is C12H14FNO. The van der Waals surface area contributed by atoms with E-state index in [2.05, 4.69) is 5.32 Å². The Kier molecular flexibility index (Phi) is 2.07. The second-order valence-corrected chi connectivity index (χ2v) is 4.56. The Balaban J connectivity index is 2.70. The van der Waals surface area contributed by atoms with Crippen molar-refractivity contribution < 1.29 is 9.18 Å². The van der Waals surface area contributed by atoms with Crippen LogP contribution in [0.5, 0.6) is 0 Å². The summed E-state index contributed by atoms with van der Waals surface area (Å²) < 4.78 is 12.9. The van der Waals surface area contributed by atoms with Gasteiger partial charge < -0.3 is 5.32 Å². The summed E-state index contributed by atoms with van der Waals surface area (Å²) >= 11 is 0. The molecule has 0 bridgehead atoms. The Morgan fingerprint density at radius 3 is 2.67 bits per heavy atom. The summed E-state index contributed by atoms with van der Waals surface area (Å²) in [6.07, 6.45) is 0. The molecule has 0 saturated heterocycles. The van der Waals surface area contributed by atoms with E-state index >= 15 is 0 Å². The number of halogens is 1. The number of carbonyl (C=O) groups is 1. The molecule has 3 heteroatoms. The molecular weight excluding hydrogens is 193 g/mol. The van der Waals surface area contributed by atoms with Gasteiger partial charge in [0.05, 0.1) is 5.41 Å². The quantitative estimate of drug-likeness (QED) is 0.753. The third kappa shape index (κ3) is 1.34. The van der Waals surface area contributed by atoms with Crippen LogP contribution in [0.4, 0.5) is 10.1 Å². The van der Waals surface area contributed by atoms with Gasteiger partial charge in [0.25, 0.3) is 0 Å². The van der Waals surface area contributed by atoms with Crippen molar-refractivity contribution in [3.63, 3.8) is 0 Å². The third-order valence-electron chi connectivity index (χ3n) is 2.95. The van der Waals surface area contributed by atoms with Crippen LogP contribution in [0.2, 0.25) is 0 Å². The lowest BCUT2D eigenvalue weighted by molar-refractivity contribution is -0.119. The number of fused-ring (bicyclic) bond motifs is 1. The number of carbonyl (C=O) groups excluding carboxylic acids is 1. The van der Waals surface area contributed by atoms with Crippen molar-refractivity contribution in [3.8, 4) is 0 Å². The molecule has 0 fully saturated rings. The van der Waals surface area contributed by atoms with Crippen LogP contribution >= 0.6 is 0 Å². The smallest absolute Gasteiger partial charge is 0.234 e. The predicted molar refractivity (Wildman–Crippen MR) is 57.6 cm³/mol. The molecule has 2 rings (SSSR count). The van der Waals surface area contributed by atoms with E-state index in [1.54, 1.807) is 6.07 Å². The molecule has 1 N–H and O–H groups in total. The highest BCUT2D eigenvalue weighted by atomic mass is 19.1. The molecule has 1 aliphatic rings. The summed E-state index contributed by atoms with van der Waals surface area (Å²) in [5, 5.41) is 2.80. The van der Waals surface area contributed by atoms with Crippen molar-refractivity contribution in [1.82, 2.24) is 0 Å². The largest absolute Gasteiger partial charge is 0.325 e. The first-order chi connectivity index (χ1) is 6.96. The molecule has 0 unspecified atom stereocenters. The van der Waals surface area contributed by atoms with Gasteiger partial charge in [0.2, 0.25) is 5.91 Å². The number of hydrogen-bond acceptors (Lipinski definition) is 1. The van der Waals surface area contributed by atoms with Crippen molar-refractivity contribution in [3.05, 3.63) is 28.8 Å². The molecule has 0 aliphatic carbocycles. The van der Waals surface area contributed by atoms with Crippen molar-refractivity contribution >= 4 is 11.6 Å². The van der Waals surface area contributed by atoms with Crippen LogP contribution in [0.1, 0.15) is 30.5 Å². The lowest BCUT2D eigenvalue weighted by Gasteiger charge is -2.18. The van der Waals surface area contributed by atoms with E-state index in [1.807, 2.05) is 26.8 Å². The maximum absolute atomic E-state index is 12.9. The zero-order valence-corrected chi connectivity index (χ0v) is 9.15. The average Bonchev–Trinajstić information content (AvgIpc) is 2.36. The first-order valence-corrected chi connectivity index (χ1v) is 4.98. The maximum Gasteiger partial charge on any atom is 0.234 e. The molecule has 0 saturated carbocycles. The first-order valence-electron chi connectivity index (χ1n) is 4.98. The monoisotopic (exact) mass is 207 g/mol. The molecule has 0 atom stereocenters. The van der Waals surface area contributed by atoms with Crippen molar-refractivity contribution in [1.29, 1.82) is 0 Å². The van der Waals surface area contributed by atoms with Crippen molar-refractivity contribution in [2.45, 2.75) is 32.9 Å².